The summed E-state index contributed by atoms with van der Waals surface area (Å²) in [6.45, 7) is 8.90. The van der Waals surface area contributed by atoms with Crippen molar-refractivity contribution < 1.29 is 14.1 Å². The third-order valence-corrected chi connectivity index (χ3v) is 7.91. The summed E-state index contributed by atoms with van der Waals surface area (Å²) < 4.78 is 10.7. The van der Waals surface area contributed by atoms with Gasteiger partial charge in [0, 0.05) is 30.3 Å². The van der Waals surface area contributed by atoms with Crippen molar-refractivity contribution in [3.05, 3.63) is 60.0 Å². The van der Waals surface area contributed by atoms with E-state index >= 15 is 0 Å². The minimum Gasteiger partial charge on any atom is -0.497 e. The number of ether oxygens (including phenoxy) is 1. The second-order valence-corrected chi connectivity index (χ2v) is 10.8. The summed E-state index contributed by atoms with van der Waals surface area (Å²) in [6, 6.07) is 16.3. The molecule has 2 aliphatic heterocycles. The maximum Gasteiger partial charge on any atom is 0.241 e. The summed E-state index contributed by atoms with van der Waals surface area (Å²) in [6.07, 6.45) is 4.22. The molecule has 0 aliphatic carbocycles. The van der Waals surface area contributed by atoms with E-state index in [1.54, 1.807) is 7.11 Å². The molecule has 2 unspecified atom stereocenters. The van der Waals surface area contributed by atoms with Gasteiger partial charge in [0.1, 0.15) is 5.75 Å². The van der Waals surface area contributed by atoms with Crippen LogP contribution in [0.15, 0.2) is 53.1 Å². The van der Waals surface area contributed by atoms with Crippen LogP contribution < -0.4 is 15.0 Å². The molecule has 5 rings (SSSR count). The van der Waals surface area contributed by atoms with Crippen molar-refractivity contribution in [2.75, 3.05) is 38.2 Å². The highest BCUT2D eigenvalue weighted by molar-refractivity contribution is 5.79. The Balaban J connectivity index is 1.08. The third kappa shape index (κ3) is 6.35. The van der Waals surface area contributed by atoms with Gasteiger partial charge in [-0.1, -0.05) is 24.2 Å². The summed E-state index contributed by atoms with van der Waals surface area (Å²) >= 11 is 0. The van der Waals surface area contributed by atoms with Crippen molar-refractivity contribution in [2.45, 2.75) is 52.1 Å². The average Bonchev–Trinajstić information content (AvgIpc) is 3.42. The highest BCUT2D eigenvalue weighted by Crippen LogP contribution is 2.26. The van der Waals surface area contributed by atoms with E-state index in [-0.39, 0.29) is 17.9 Å². The fourth-order valence-electron chi connectivity index (χ4n) is 5.53. The van der Waals surface area contributed by atoms with Crippen LogP contribution in [0.25, 0.3) is 11.4 Å². The molecule has 38 heavy (non-hydrogen) atoms. The largest absolute Gasteiger partial charge is 0.497 e. The van der Waals surface area contributed by atoms with Gasteiger partial charge in [0.25, 0.3) is 0 Å². The predicted molar refractivity (Wildman–Crippen MR) is 148 cm³/mol. The molecule has 0 radical (unpaired) electrons. The molecule has 202 valence electrons. The second-order valence-electron chi connectivity index (χ2n) is 10.8. The van der Waals surface area contributed by atoms with Crippen LogP contribution >= 0.6 is 0 Å². The molecule has 0 spiro atoms. The zero-order chi connectivity index (χ0) is 26.5. The van der Waals surface area contributed by atoms with Crippen LogP contribution in [0.3, 0.4) is 0 Å². The van der Waals surface area contributed by atoms with Crippen LogP contribution in [-0.2, 0) is 11.3 Å². The molecule has 3 aromatic rings. The number of amides is 1. The first-order valence-corrected chi connectivity index (χ1v) is 13.8. The van der Waals surface area contributed by atoms with E-state index in [0.717, 1.165) is 61.8 Å². The summed E-state index contributed by atoms with van der Waals surface area (Å²) in [7, 11) is 1.64. The first-order chi connectivity index (χ1) is 18.5. The minimum absolute atomic E-state index is 0.00960. The van der Waals surface area contributed by atoms with Crippen LogP contribution in [0, 0.1) is 11.8 Å². The standard InChI is InChI=1S/C30H39N5O3/c1-21-5-4-16-35(19-21)26-10-6-23(7-11-26)22(2)31-30(36)25-14-17-34(18-15-25)20-28-32-29(33-38-28)24-8-12-27(37-3)13-9-24/h6-13,21-22,25H,4-5,14-20H2,1-3H3,(H,31,36). The van der Waals surface area contributed by atoms with Gasteiger partial charge in [0.2, 0.25) is 17.6 Å². The molecule has 1 aromatic heterocycles. The lowest BCUT2D eigenvalue weighted by molar-refractivity contribution is -0.127. The Kier molecular flexibility index (Phi) is 8.27. The van der Waals surface area contributed by atoms with Crippen molar-refractivity contribution in [3.8, 4) is 17.1 Å². The van der Waals surface area contributed by atoms with E-state index in [4.69, 9.17) is 9.26 Å². The fourth-order valence-corrected chi connectivity index (χ4v) is 5.53. The molecule has 0 saturated carbocycles. The molecule has 1 N–H and O–H groups in total. The Labute approximate surface area is 225 Å². The third-order valence-electron chi connectivity index (χ3n) is 7.91. The molecule has 8 nitrogen and oxygen atoms in total. The molecule has 3 heterocycles. The lowest BCUT2D eigenvalue weighted by Gasteiger charge is -2.33. The summed E-state index contributed by atoms with van der Waals surface area (Å²) in [5.41, 5.74) is 3.32. The number of benzene rings is 2. The molecule has 2 fully saturated rings. The van der Waals surface area contributed by atoms with E-state index in [9.17, 15) is 4.79 Å². The number of carbonyl (C=O) groups excluding carboxylic acids is 1. The Morgan fingerprint density at radius 3 is 2.50 bits per heavy atom. The monoisotopic (exact) mass is 517 g/mol. The van der Waals surface area contributed by atoms with Gasteiger partial charge in [-0.25, -0.2) is 0 Å². The Morgan fingerprint density at radius 2 is 1.82 bits per heavy atom. The Hall–Kier alpha value is -3.39. The van der Waals surface area contributed by atoms with Crippen molar-refractivity contribution in [3.63, 3.8) is 0 Å². The van der Waals surface area contributed by atoms with Crippen molar-refractivity contribution >= 4 is 11.6 Å². The van der Waals surface area contributed by atoms with Gasteiger partial charge < -0.3 is 19.5 Å². The molecular formula is C30H39N5O3. The zero-order valence-corrected chi connectivity index (χ0v) is 22.7. The van der Waals surface area contributed by atoms with E-state index in [1.165, 1.54) is 18.5 Å². The van der Waals surface area contributed by atoms with Crippen LogP contribution in [-0.4, -0.2) is 54.2 Å². The lowest BCUT2D eigenvalue weighted by Crippen LogP contribution is -2.41. The van der Waals surface area contributed by atoms with Gasteiger partial charge in [0.05, 0.1) is 19.7 Å². The van der Waals surface area contributed by atoms with E-state index < -0.39 is 0 Å². The molecule has 2 aromatic carbocycles. The number of hydrogen-bond donors (Lipinski definition) is 1. The molecule has 1 amide bonds. The molecule has 2 aliphatic rings. The number of carbonyl (C=O) groups is 1. The van der Waals surface area contributed by atoms with Crippen LogP contribution in [0.4, 0.5) is 5.69 Å². The smallest absolute Gasteiger partial charge is 0.241 e. The molecule has 2 atom stereocenters. The predicted octanol–water partition coefficient (Wildman–Crippen LogP) is 5.07. The lowest BCUT2D eigenvalue weighted by atomic mass is 9.95. The number of nitrogens with zero attached hydrogens (tertiary/aromatic N) is 4. The Morgan fingerprint density at radius 1 is 1.08 bits per heavy atom. The normalized spacial score (nSPS) is 19.8. The van der Waals surface area contributed by atoms with Gasteiger partial charge >= 0.3 is 0 Å². The number of nitrogens with one attached hydrogen (secondary N) is 1. The number of piperidine rings is 2. The van der Waals surface area contributed by atoms with Crippen LogP contribution in [0.1, 0.15) is 57.0 Å². The second kappa shape index (κ2) is 12.0. The molecule has 8 heteroatoms. The number of hydrogen-bond acceptors (Lipinski definition) is 7. The maximum atomic E-state index is 13.0. The molecule has 0 bridgehead atoms. The minimum atomic E-state index is -0.00960. The SMILES string of the molecule is COc1ccc(-c2noc(CN3CCC(C(=O)NC(C)c4ccc(N5CCCC(C)C5)cc4)CC3)n2)cc1. The average molecular weight is 518 g/mol. The van der Waals surface area contributed by atoms with Crippen molar-refractivity contribution in [1.29, 1.82) is 0 Å². The van der Waals surface area contributed by atoms with Crippen molar-refractivity contribution in [1.82, 2.24) is 20.4 Å². The van der Waals surface area contributed by atoms with Gasteiger partial charge in [0.15, 0.2) is 0 Å². The number of methoxy groups -OCH3 is 1. The van der Waals surface area contributed by atoms with Gasteiger partial charge in [-0.15, -0.1) is 0 Å². The maximum absolute atomic E-state index is 13.0. The quantitative estimate of drug-likeness (QED) is 0.447. The van der Waals surface area contributed by atoms with Gasteiger partial charge in [-0.2, -0.15) is 4.98 Å². The van der Waals surface area contributed by atoms with Crippen LogP contribution in [0.5, 0.6) is 5.75 Å². The Bertz CT molecular complexity index is 1190. The summed E-state index contributed by atoms with van der Waals surface area (Å²) in [4.78, 5) is 22.3. The van der Waals surface area contributed by atoms with Gasteiger partial charge in [-0.05, 0) is 93.6 Å². The number of anilines is 1. The first kappa shape index (κ1) is 26.2. The number of aromatic nitrogens is 2. The number of rotatable bonds is 8. The fraction of sp³-hybridized carbons (Fsp3) is 0.500. The summed E-state index contributed by atoms with van der Waals surface area (Å²) in [5.74, 6) is 2.88. The van der Waals surface area contributed by atoms with E-state index in [2.05, 4.69) is 63.4 Å². The van der Waals surface area contributed by atoms with Gasteiger partial charge in [-0.3, -0.25) is 9.69 Å². The van der Waals surface area contributed by atoms with Crippen LogP contribution in [0.2, 0.25) is 0 Å². The first-order valence-electron chi connectivity index (χ1n) is 13.8. The highest BCUT2D eigenvalue weighted by Gasteiger charge is 2.27. The molecular weight excluding hydrogens is 478 g/mol. The van der Waals surface area contributed by atoms with E-state index in [1.807, 2.05) is 24.3 Å². The molecule has 2 saturated heterocycles. The zero-order valence-electron chi connectivity index (χ0n) is 22.7. The topological polar surface area (TPSA) is 83.7 Å². The van der Waals surface area contributed by atoms with Crippen molar-refractivity contribution in [2.24, 2.45) is 11.8 Å². The summed E-state index contributed by atoms with van der Waals surface area (Å²) in [5, 5.41) is 7.37. The van der Waals surface area contributed by atoms with E-state index in [0.29, 0.717) is 18.3 Å². The highest BCUT2D eigenvalue weighted by atomic mass is 16.5. The number of likely N-dealkylation sites (tertiary alicyclic amines) is 1.